The Morgan fingerprint density at radius 2 is 1.75 bits per heavy atom. The first kappa shape index (κ1) is 18.3. The minimum atomic E-state index is -0.111. The largest absolute Gasteiger partial charge is 0.369 e. The Balaban J connectivity index is 1.33. The van der Waals surface area contributed by atoms with Crippen LogP contribution < -0.4 is 10.2 Å². The van der Waals surface area contributed by atoms with Gasteiger partial charge in [0.15, 0.2) is 5.76 Å². The van der Waals surface area contributed by atoms with Gasteiger partial charge in [-0.05, 0) is 31.3 Å². The molecule has 1 aromatic heterocycles. The molecule has 0 aliphatic carbocycles. The van der Waals surface area contributed by atoms with Crippen molar-refractivity contribution in [1.82, 2.24) is 10.1 Å². The summed E-state index contributed by atoms with van der Waals surface area (Å²) >= 11 is 0. The van der Waals surface area contributed by atoms with E-state index in [4.69, 9.17) is 4.52 Å². The predicted octanol–water partition coefficient (Wildman–Crippen LogP) is 3.27. The topological polar surface area (TPSA) is 61.6 Å². The van der Waals surface area contributed by atoms with E-state index in [2.05, 4.69) is 39.5 Å². The van der Waals surface area contributed by atoms with Gasteiger partial charge in [-0.15, -0.1) is 0 Å². The van der Waals surface area contributed by atoms with E-state index in [1.165, 1.54) is 5.69 Å². The number of hydrogen-bond acceptors (Lipinski definition) is 5. The summed E-state index contributed by atoms with van der Waals surface area (Å²) in [6.45, 7) is 4.19. The van der Waals surface area contributed by atoms with Gasteiger partial charge < -0.3 is 19.6 Å². The highest BCUT2D eigenvalue weighted by Crippen LogP contribution is 2.21. The number of hydrogen-bond donors (Lipinski definition) is 1. The summed E-state index contributed by atoms with van der Waals surface area (Å²) in [4.78, 5) is 17.0. The molecule has 0 spiro atoms. The van der Waals surface area contributed by atoms with Crippen LogP contribution in [0.3, 0.4) is 0 Å². The lowest BCUT2D eigenvalue weighted by Gasteiger charge is -2.34. The van der Waals surface area contributed by atoms with Gasteiger partial charge in [0.05, 0.1) is 12.1 Å². The summed E-state index contributed by atoms with van der Waals surface area (Å²) in [6.07, 6.45) is 0.177. The fraction of sp³-hybridized carbons (Fsp3) is 0.273. The molecule has 2 aromatic carbocycles. The molecule has 0 radical (unpaired) electrons. The van der Waals surface area contributed by atoms with Gasteiger partial charge in [0.1, 0.15) is 0 Å². The van der Waals surface area contributed by atoms with Crippen LogP contribution >= 0.6 is 0 Å². The molecule has 1 amide bonds. The number of aromatic nitrogens is 1. The predicted molar refractivity (Wildman–Crippen MR) is 110 cm³/mol. The molecule has 6 heteroatoms. The van der Waals surface area contributed by atoms with Gasteiger partial charge in [0, 0.05) is 49.2 Å². The van der Waals surface area contributed by atoms with Crippen molar-refractivity contribution < 1.29 is 9.32 Å². The highest BCUT2D eigenvalue weighted by atomic mass is 16.5. The molecule has 4 rings (SSSR count). The van der Waals surface area contributed by atoms with E-state index >= 15 is 0 Å². The average Bonchev–Trinajstić information content (AvgIpc) is 3.18. The Morgan fingerprint density at radius 1 is 1.04 bits per heavy atom. The van der Waals surface area contributed by atoms with Crippen molar-refractivity contribution in [3.8, 4) is 11.3 Å². The maximum Gasteiger partial charge on any atom is 0.230 e. The number of carbonyl (C=O) groups excluding carboxylic acids is 1. The van der Waals surface area contributed by atoms with Crippen LogP contribution in [0.5, 0.6) is 0 Å². The monoisotopic (exact) mass is 376 g/mol. The number of rotatable bonds is 5. The molecular formula is C22H24N4O2. The van der Waals surface area contributed by atoms with Crippen molar-refractivity contribution in [2.75, 3.05) is 43.4 Å². The lowest BCUT2D eigenvalue weighted by atomic mass is 10.1. The maximum absolute atomic E-state index is 12.3. The van der Waals surface area contributed by atoms with Crippen LogP contribution in [0, 0.1) is 0 Å². The molecule has 0 atom stereocenters. The first-order valence-electron chi connectivity index (χ1n) is 9.52. The van der Waals surface area contributed by atoms with E-state index in [1.807, 2.05) is 48.5 Å². The number of piperazine rings is 1. The Labute approximate surface area is 164 Å². The van der Waals surface area contributed by atoms with Crippen LogP contribution in [0.4, 0.5) is 11.4 Å². The second kappa shape index (κ2) is 8.27. The first-order valence-corrected chi connectivity index (χ1v) is 9.52. The number of likely N-dealkylation sites (N-methyl/N-ethyl adjacent to an activating group) is 1. The fourth-order valence-electron chi connectivity index (χ4n) is 3.32. The van der Waals surface area contributed by atoms with Crippen LogP contribution in [0.2, 0.25) is 0 Å². The fourth-order valence-corrected chi connectivity index (χ4v) is 3.32. The van der Waals surface area contributed by atoms with E-state index in [0.717, 1.165) is 37.4 Å². The van der Waals surface area contributed by atoms with Crippen molar-refractivity contribution in [2.24, 2.45) is 0 Å². The smallest absolute Gasteiger partial charge is 0.230 e. The minimum absolute atomic E-state index is 0.111. The Bertz CT molecular complexity index is 913. The Morgan fingerprint density at radius 3 is 2.46 bits per heavy atom. The Kier molecular flexibility index (Phi) is 5.39. The highest BCUT2D eigenvalue weighted by Gasteiger charge is 2.15. The van der Waals surface area contributed by atoms with E-state index in [1.54, 1.807) is 0 Å². The van der Waals surface area contributed by atoms with E-state index in [0.29, 0.717) is 11.5 Å². The lowest BCUT2D eigenvalue weighted by molar-refractivity contribution is -0.115. The molecule has 1 fully saturated rings. The van der Waals surface area contributed by atoms with E-state index in [9.17, 15) is 4.79 Å². The molecule has 3 aromatic rings. The normalized spacial score (nSPS) is 14.8. The zero-order valence-electron chi connectivity index (χ0n) is 16.0. The molecule has 144 valence electrons. The molecule has 1 N–H and O–H groups in total. The van der Waals surface area contributed by atoms with Gasteiger partial charge in [0.2, 0.25) is 5.91 Å². The van der Waals surface area contributed by atoms with Crippen molar-refractivity contribution in [1.29, 1.82) is 0 Å². The second-order valence-electron chi connectivity index (χ2n) is 7.11. The van der Waals surface area contributed by atoms with Gasteiger partial charge in [-0.25, -0.2) is 0 Å². The standard InChI is InChI=1S/C22H24N4O2/c1-25-11-13-26(14-12-25)20-9-7-18(8-10-20)23-22(27)16-19-15-21(28-24-19)17-5-3-2-4-6-17/h2-10,15H,11-14,16H2,1H3,(H,23,27). The quantitative estimate of drug-likeness (QED) is 0.740. The molecule has 0 saturated carbocycles. The van der Waals surface area contributed by atoms with Gasteiger partial charge in [-0.1, -0.05) is 35.5 Å². The third-order valence-electron chi connectivity index (χ3n) is 4.98. The molecular weight excluding hydrogens is 352 g/mol. The summed E-state index contributed by atoms with van der Waals surface area (Å²) in [5, 5.41) is 6.94. The number of nitrogens with one attached hydrogen (secondary N) is 1. The third kappa shape index (κ3) is 4.40. The lowest BCUT2D eigenvalue weighted by Crippen LogP contribution is -2.44. The molecule has 6 nitrogen and oxygen atoms in total. The molecule has 2 heterocycles. The second-order valence-corrected chi connectivity index (χ2v) is 7.11. The van der Waals surface area contributed by atoms with Crippen molar-refractivity contribution in [2.45, 2.75) is 6.42 Å². The van der Waals surface area contributed by atoms with Gasteiger partial charge in [-0.2, -0.15) is 0 Å². The average molecular weight is 376 g/mol. The Hall–Kier alpha value is -3.12. The van der Waals surface area contributed by atoms with Crippen molar-refractivity contribution in [3.63, 3.8) is 0 Å². The van der Waals surface area contributed by atoms with Crippen LogP contribution in [-0.4, -0.2) is 49.2 Å². The molecule has 0 bridgehead atoms. The highest BCUT2D eigenvalue weighted by molar-refractivity contribution is 5.92. The number of carbonyl (C=O) groups is 1. The molecule has 1 saturated heterocycles. The van der Waals surface area contributed by atoms with E-state index < -0.39 is 0 Å². The van der Waals surface area contributed by atoms with Gasteiger partial charge in [-0.3, -0.25) is 4.79 Å². The van der Waals surface area contributed by atoms with Crippen molar-refractivity contribution in [3.05, 3.63) is 66.4 Å². The molecule has 1 aliphatic rings. The number of benzene rings is 2. The molecule has 0 unspecified atom stereocenters. The van der Waals surface area contributed by atoms with Crippen LogP contribution in [0.15, 0.2) is 65.2 Å². The minimum Gasteiger partial charge on any atom is -0.369 e. The van der Waals surface area contributed by atoms with Crippen molar-refractivity contribution >= 4 is 17.3 Å². The number of nitrogens with zero attached hydrogens (tertiary/aromatic N) is 3. The van der Waals surface area contributed by atoms with Crippen LogP contribution in [0.25, 0.3) is 11.3 Å². The summed E-state index contributed by atoms with van der Waals surface area (Å²) < 4.78 is 5.35. The molecule has 28 heavy (non-hydrogen) atoms. The third-order valence-corrected chi connectivity index (χ3v) is 4.98. The molecule has 1 aliphatic heterocycles. The summed E-state index contributed by atoms with van der Waals surface area (Å²) in [5.74, 6) is 0.556. The SMILES string of the molecule is CN1CCN(c2ccc(NC(=O)Cc3cc(-c4ccccc4)on3)cc2)CC1. The summed E-state index contributed by atoms with van der Waals surface area (Å²) in [6, 6.07) is 19.6. The van der Waals surface area contributed by atoms with Crippen LogP contribution in [0.1, 0.15) is 5.69 Å². The van der Waals surface area contributed by atoms with Gasteiger partial charge in [0.25, 0.3) is 0 Å². The van der Waals surface area contributed by atoms with E-state index in [-0.39, 0.29) is 12.3 Å². The van der Waals surface area contributed by atoms with Crippen LogP contribution in [-0.2, 0) is 11.2 Å². The number of anilines is 2. The summed E-state index contributed by atoms with van der Waals surface area (Å²) in [5.41, 5.74) is 3.54. The summed E-state index contributed by atoms with van der Waals surface area (Å²) in [7, 11) is 2.15. The van der Waals surface area contributed by atoms with Gasteiger partial charge >= 0.3 is 0 Å². The zero-order chi connectivity index (χ0) is 19.3. The first-order chi connectivity index (χ1) is 13.7. The maximum atomic E-state index is 12.3. The number of amides is 1. The zero-order valence-corrected chi connectivity index (χ0v) is 16.0.